The molecule has 1 heteroatoms. The maximum Gasteiger partial charge on any atom is 0.0127 e. The van der Waals surface area contributed by atoms with Crippen LogP contribution in [-0.2, 0) is 0 Å². The molecule has 4 aliphatic carbocycles. The van der Waals surface area contributed by atoms with Gasteiger partial charge in [-0.3, -0.25) is 0 Å². The highest BCUT2D eigenvalue weighted by Gasteiger charge is 2.59. The quantitative estimate of drug-likeness (QED) is 0.399. The zero-order chi connectivity index (χ0) is 21.7. The van der Waals surface area contributed by atoms with Gasteiger partial charge in [0.15, 0.2) is 0 Å². The second-order valence-corrected chi connectivity index (χ2v) is 13.1. The van der Waals surface area contributed by atoms with Crippen molar-refractivity contribution >= 4 is 0 Å². The van der Waals surface area contributed by atoms with Gasteiger partial charge in [0.2, 0.25) is 0 Å². The van der Waals surface area contributed by atoms with Crippen molar-refractivity contribution in [3.05, 3.63) is 11.6 Å². The smallest absolute Gasteiger partial charge is 0.0127 e. The van der Waals surface area contributed by atoms with Crippen molar-refractivity contribution in [3.8, 4) is 0 Å². The van der Waals surface area contributed by atoms with Crippen LogP contribution < -0.4 is 0 Å². The first-order valence-corrected chi connectivity index (χ1v) is 13.5. The summed E-state index contributed by atoms with van der Waals surface area (Å²) >= 11 is 0. The van der Waals surface area contributed by atoms with E-state index in [1.165, 1.54) is 70.6 Å². The van der Waals surface area contributed by atoms with Gasteiger partial charge in [-0.2, -0.15) is 0 Å². The summed E-state index contributed by atoms with van der Waals surface area (Å²) in [4.78, 5) is 2.48. The molecule has 0 aromatic heterocycles. The fourth-order valence-corrected chi connectivity index (χ4v) is 9.11. The van der Waals surface area contributed by atoms with Crippen LogP contribution in [0, 0.1) is 46.3 Å². The molecule has 0 aromatic carbocycles. The Morgan fingerprint density at radius 3 is 2.43 bits per heavy atom. The Bertz CT molecular complexity index is 632. The van der Waals surface area contributed by atoms with Crippen molar-refractivity contribution in [1.82, 2.24) is 4.90 Å². The van der Waals surface area contributed by atoms with Crippen LogP contribution in [0.1, 0.15) is 105 Å². The minimum Gasteiger partial charge on any atom is -0.306 e. The molecule has 0 aliphatic heterocycles. The number of hydrogen-bond acceptors (Lipinski definition) is 1. The van der Waals surface area contributed by atoms with E-state index in [4.69, 9.17) is 0 Å². The molecular weight excluding hydrogens is 362 g/mol. The van der Waals surface area contributed by atoms with E-state index in [1.807, 2.05) is 5.57 Å². The lowest BCUT2D eigenvalue weighted by Crippen LogP contribution is -2.51. The minimum absolute atomic E-state index is 0.512. The van der Waals surface area contributed by atoms with Gasteiger partial charge in [0.05, 0.1) is 0 Å². The summed E-state index contributed by atoms with van der Waals surface area (Å²) in [5, 5.41) is 0. The number of allylic oxidation sites excluding steroid dienone is 1. The van der Waals surface area contributed by atoms with Crippen molar-refractivity contribution < 1.29 is 0 Å². The van der Waals surface area contributed by atoms with Crippen LogP contribution in [0.15, 0.2) is 11.6 Å². The SMILES string of the molecule is CC(C)CCC[C@@H](C)[C@@H]1CC[C@@H]2[C@@H]3CC=C4C[C@H](N(C)C)CC[C@]4(C)[C@@H]3CC[C@@]21C. The summed E-state index contributed by atoms with van der Waals surface area (Å²) < 4.78 is 0. The molecule has 3 fully saturated rings. The molecule has 0 radical (unpaired) electrons. The second kappa shape index (κ2) is 8.57. The Kier molecular flexibility index (Phi) is 6.53. The Labute approximate surface area is 188 Å². The molecule has 0 unspecified atom stereocenters. The molecule has 8 atom stereocenters. The number of fused-ring (bicyclic) bond motifs is 5. The highest BCUT2D eigenvalue weighted by molar-refractivity contribution is 5.26. The van der Waals surface area contributed by atoms with E-state index in [1.54, 1.807) is 0 Å². The third-order valence-electron chi connectivity index (χ3n) is 11.0. The van der Waals surface area contributed by atoms with Gasteiger partial charge in [-0.1, -0.05) is 65.5 Å². The molecule has 0 amide bonds. The van der Waals surface area contributed by atoms with Crippen molar-refractivity contribution in [3.63, 3.8) is 0 Å². The minimum atomic E-state index is 0.512. The van der Waals surface area contributed by atoms with Crippen LogP contribution in [0.3, 0.4) is 0 Å². The molecule has 3 saturated carbocycles. The molecule has 4 rings (SSSR count). The maximum atomic E-state index is 2.75. The molecule has 30 heavy (non-hydrogen) atoms. The van der Waals surface area contributed by atoms with Gasteiger partial charge in [-0.05, 0) is 112 Å². The van der Waals surface area contributed by atoms with Crippen molar-refractivity contribution in [2.24, 2.45) is 46.3 Å². The highest BCUT2D eigenvalue weighted by Crippen LogP contribution is 2.67. The lowest BCUT2D eigenvalue weighted by Gasteiger charge is -2.59. The first-order chi connectivity index (χ1) is 14.2. The van der Waals surface area contributed by atoms with Crippen LogP contribution >= 0.6 is 0 Å². The topological polar surface area (TPSA) is 3.24 Å². The third kappa shape index (κ3) is 3.84. The predicted molar refractivity (Wildman–Crippen MR) is 131 cm³/mol. The summed E-state index contributed by atoms with van der Waals surface area (Å²) in [5.74, 6) is 5.71. The molecule has 0 spiro atoms. The Morgan fingerprint density at radius 1 is 0.967 bits per heavy atom. The molecule has 0 heterocycles. The van der Waals surface area contributed by atoms with Crippen molar-refractivity contribution in [1.29, 1.82) is 0 Å². The molecule has 1 nitrogen and oxygen atoms in total. The van der Waals surface area contributed by atoms with Crippen LogP contribution in [0.2, 0.25) is 0 Å². The summed E-state index contributed by atoms with van der Waals surface area (Å²) in [5.41, 5.74) is 2.98. The molecule has 172 valence electrons. The molecular formula is C29H51N. The summed E-state index contributed by atoms with van der Waals surface area (Å²) in [7, 11) is 4.57. The fourth-order valence-electron chi connectivity index (χ4n) is 9.11. The fraction of sp³-hybridized carbons (Fsp3) is 0.931. The van der Waals surface area contributed by atoms with Gasteiger partial charge in [0.25, 0.3) is 0 Å². The van der Waals surface area contributed by atoms with Crippen LogP contribution in [0.4, 0.5) is 0 Å². The number of nitrogens with zero attached hydrogens (tertiary/aromatic N) is 1. The van der Waals surface area contributed by atoms with E-state index in [0.29, 0.717) is 10.8 Å². The highest BCUT2D eigenvalue weighted by atomic mass is 15.1. The summed E-state index contributed by atoms with van der Waals surface area (Å²) in [6, 6.07) is 0.775. The Hall–Kier alpha value is -0.300. The zero-order valence-corrected chi connectivity index (χ0v) is 21.3. The summed E-state index contributed by atoms with van der Waals surface area (Å²) in [6.45, 7) is 12.8. The lowest BCUT2D eigenvalue weighted by atomic mass is 9.47. The second-order valence-electron chi connectivity index (χ2n) is 13.1. The summed E-state index contributed by atoms with van der Waals surface area (Å²) in [6.07, 6.45) is 18.7. The molecule has 0 aromatic rings. The Balaban J connectivity index is 1.48. The number of hydrogen-bond donors (Lipinski definition) is 0. The average molecular weight is 414 g/mol. The van der Waals surface area contributed by atoms with Crippen LogP contribution in [0.25, 0.3) is 0 Å². The normalized spacial score (nSPS) is 44.4. The van der Waals surface area contributed by atoms with E-state index in [-0.39, 0.29) is 0 Å². The van der Waals surface area contributed by atoms with Gasteiger partial charge in [-0.25, -0.2) is 0 Å². The van der Waals surface area contributed by atoms with Gasteiger partial charge in [0.1, 0.15) is 0 Å². The third-order valence-corrected chi connectivity index (χ3v) is 11.0. The zero-order valence-electron chi connectivity index (χ0n) is 21.3. The van der Waals surface area contributed by atoms with Gasteiger partial charge >= 0.3 is 0 Å². The first-order valence-electron chi connectivity index (χ1n) is 13.5. The number of rotatable bonds is 6. The van der Waals surface area contributed by atoms with Gasteiger partial charge < -0.3 is 4.90 Å². The molecule has 0 N–H and O–H groups in total. The average Bonchev–Trinajstić information content (AvgIpc) is 3.04. The van der Waals surface area contributed by atoms with E-state index in [9.17, 15) is 0 Å². The molecule has 4 aliphatic rings. The maximum absolute atomic E-state index is 2.75. The molecule has 0 saturated heterocycles. The van der Waals surface area contributed by atoms with E-state index >= 15 is 0 Å². The monoisotopic (exact) mass is 413 g/mol. The standard InChI is InChI=1S/C29H51N/c1-20(2)9-8-10-21(3)25-13-14-26-24-12-11-22-19-23(30(6)7)15-17-28(22,4)27(24)16-18-29(25,26)5/h11,20-21,23-27H,8-10,12-19H2,1-7H3/t21-,23-,24+,25+,26-,27-,28+,29-/m1/s1. The first kappa shape index (κ1) is 22.9. The van der Waals surface area contributed by atoms with Crippen LogP contribution in [0.5, 0.6) is 0 Å². The largest absolute Gasteiger partial charge is 0.306 e. The van der Waals surface area contributed by atoms with Gasteiger partial charge in [-0.15, -0.1) is 0 Å². The van der Waals surface area contributed by atoms with Crippen molar-refractivity contribution in [2.45, 2.75) is 111 Å². The van der Waals surface area contributed by atoms with Crippen LogP contribution in [-0.4, -0.2) is 25.0 Å². The lowest BCUT2D eigenvalue weighted by molar-refractivity contribution is -0.0535. The van der Waals surface area contributed by atoms with E-state index in [0.717, 1.165) is 41.5 Å². The predicted octanol–water partition coefficient (Wildman–Crippen LogP) is 7.96. The van der Waals surface area contributed by atoms with E-state index < -0.39 is 0 Å². The Morgan fingerprint density at radius 2 is 1.73 bits per heavy atom. The molecule has 0 bridgehead atoms. The van der Waals surface area contributed by atoms with Gasteiger partial charge in [0, 0.05) is 6.04 Å². The van der Waals surface area contributed by atoms with Crippen molar-refractivity contribution in [2.75, 3.05) is 14.1 Å². The van der Waals surface area contributed by atoms with E-state index in [2.05, 4.69) is 59.7 Å².